The molecule has 1 fully saturated rings. The normalized spacial score (nSPS) is 22.2. The zero-order chi connectivity index (χ0) is 24.3. The van der Waals surface area contributed by atoms with Crippen LogP contribution in [-0.2, 0) is 9.53 Å². The van der Waals surface area contributed by atoms with Gasteiger partial charge in [0.1, 0.15) is 17.9 Å². The maximum absolute atomic E-state index is 13.4. The molecule has 2 amide bonds. The number of amides is 2. The predicted octanol–water partition coefficient (Wildman–Crippen LogP) is 2.91. The molecule has 1 saturated heterocycles. The molecule has 0 saturated carbocycles. The van der Waals surface area contributed by atoms with Crippen LogP contribution >= 0.6 is 15.9 Å². The van der Waals surface area contributed by atoms with Crippen molar-refractivity contribution in [3.05, 3.63) is 34.3 Å². The number of carbonyl (C=O) groups excluding carboxylic acids is 2. The van der Waals surface area contributed by atoms with Gasteiger partial charge in [-0.2, -0.15) is 13.2 Å². The second-order valence-corrected chi connectivity index (χ2v) is 9.34. The van der Waals surface area contributed by atoms with Crippen LogP contribution in [0.3, 0.4) is 0 Å². The van der Waals surface area contributed by atoms with Crippen molar-refractivity contribution in [2.75, 3.05) is 33.4 Å². The minimum Gasteiger partial charge on any atom is -0.453 e. The Labute approximate surface area is 198 Å². The van der Waals surface area contributed by atoms with Gasteiger partial charge in [0.25, 0.3) is 0 Å². The summed E-state index contributed by atoms with van der Waals surface area (Å²) in [5.41, 5.74) is 0.979. The summed E-state index contributed by atoms with van der Waals surface area (Å²) < 4.78 is 44.8. The molecule has 0 spiro atoms. The van der Waals surface area contributed by atoms with Gasteiger partial charge in [0.2, 0.25) is 5.91 Å². The molecule has 8 nitrogen and oxygen atoms in total. The van der Waals surface area contributed by atoms with Gasteiger partial charge < -0.3 is 20.3 Å². The molecule has 0 bridgehead atoms. The fourth-order valence-electron chi connectivity index (χ4n) is 3.96. The lowest BCUT2D eigenvalue weighted by molar-refractivity contribution is -0.148. The van der Waals surface area contributed by atoms with Crippen LogP contribution in [0.2, 0.25) is 0 Å². The fraction of sp³-hybridized carbons (Fsp3) is 0.571. The molecule has 2 aliphatic heterocycles. The van der Waals surface area contributed by atoms with Gasteiger partial charge in [-0.05, 0) is 23.6 Å². The highest BCUT2D eigenvalue weighted by molar-refractivity contribution is 9.10. The maximum atomic E-state index is 13.4. The molecule has 12 heteroatoms. The molecule has 3 rings (SSSR count). The van der Waals surface area contributed by atoms with E-state index >= 15 is 0 Å². The van der Waals surface area contributed by atoms with Gasteiger partial charge >= 0.3 is 12.3 Å². The molecule has 1 aromatic rings. The Morgan fingerprint density at radius 1 is 1.30 bits per heavy atom. The Hall–Kier alpha value is -2.34. The highest BCUT2D eigenvalue weighted by Gasteiger charge is 2.45. The smallest absolute Gasteiger partial charge is 0.407 e. The van der Waals surface area contributed by atoms with Gasteiger partial charge in [0.05, 0.1) is 32.9 Å². The quantitative estimate of drug-likeness (QED) is 0.587. The molecule has 2 heterocycles. The SMILES string of the molecule is COC(=O)N[C@H](C(=O)N1CN(CC(F)(F)F)C[C@H]1C1=NCC(c2ccc(Br)cc2)N1)C(C)C. The molecule has 0 aromatic heterocycles. The Kier molecular flexibility index (Phi) is 7.88. The third kappa shape index (κ3) is 6.38. The Balaban J connectivity index is 1.81. The molecule has 1 unspecified atom stereocenters. The van der Waals surface area contributed by atoms with Crippen molar-refractivity contribution >= 4 is 33.8 Å². The molecule has 2 N–H and O–H groups in total. The first-order chi connectivity index (χ1) is 15.5. The minimum atomic E-state index is -4.41. The van der Waals surface area contributed by atoms with Crippen LogP contribution in [0.15, 0.2) is 33.7 Å². The summed E-state index contributed by atoms with van der Waals surface area (Å²) in [4.78, 5) is 32.2. The standard InChI is InChI=1S/C21H27BrF3N5O3/c1-12(2)17(28-20(32)33-3)19(31)30-11-29(10-21(23,24)25)9-16(30)18-26-8-15(27-18)13-4-6-14(22)7-5-13/h4-7,12,15-17H,8-11H2,1-3H3,(H,26,27)(H,28,32)/t15?,16-,17-/m0/s1. The van der Waals surface area contributed by atoms with Crippen LogP contribution in [0.4, 0.5) is 18.0 Å². The van der Waals surface area contributed by atoms with E-state index in [0.29, 0.717) is 12.4 Å². The molecule has 33 heavy (non-hydrogen) atoms. The maximum Gasteiger partial charge on any atom is 0.407 e. The lowest BCUT2D eigenvalue weighted by Gasteiger charge is -2.30. The lowest BCUT2D eigenvalue weighted by atomic mass is 10.0. The Morgan fingerprint density at radius 2 is 1.97 bits per heavy atom. The van der Waals surface area contributed by atoms with Gasteiger partial charge in [-0.3, -0.25) is 14.7 Å². The average Bonchev–Trinajstić information content (AvgIpc) is 3.37. The van der Waals surface area contributed by atoms with Crippen LogP contribution in [0.5, 0.6) is 0 Å². The minimum absolute atomic E-state index is 0.0207. The van der Waals surface area contributed by atoms with E-state index in [2.05, 4.69) is 36.3 Å². The van der Waals surface area contributed by atoms with Crippen molar-refractivity contribution in [1.29, 1.82) is 0 Å². The van der Waals surface area contributed by atoms with Gasteiger partial charge in [-0.25, -0.2) is 4.79 Å². The molecule has 0 radical (unpaired) electrons. The van der Waals surface area contributed by atoms with Gasteiger partial charge in [0, 0.05) is 11.0 Å². The topological polar surface area (TPSA) is 86.3 Å². The van der Waals surface area contributed by atoms with E-state index in [1.54, 1.807) is 13.8 Å². The van der Waals surface area contributed by atoms with Gasteiger partial charge in [-0.15, -0.1) is 0 Å². The Morgan fingerprint density at radius 3 is 2.55 bits per heavy atom. The lowest BCUT2D eigenvalue weighted by Crippen LogP contribution is -2.55. The van der Waals surface area contributed by atoms with Crippen LogP contribution in [0, 0.1) is 5.92 Å². The van der Waals surface area contributed by atoms with E-state index in [4.69, 9.17) is 0 Å². The van der Waals surface area contributed by atoms with E-state index in [-0.39, 0.29) is 25.2 Å². The molecule has 3 atom stereocenters. The molecular formula is C21H27BrF3N5O3. The van der Waals surface area contributed by atoms with E-state index in [1.165, 1.54) is 12.0 Å². The molecule has 0 aliphatic carbocycles. The number of methoxy groups -OCH3 is 1. The largest absolute Gasteiger partial charge is 0.453 e. The summed E-state index contributed by atoms with van der Waals surface area (Å²) in [6.07, 6.45) is -5.19. The summed E-state index contributed by atoms with van der Waals surface area (Å²) in [7, 11) is 1.18. The first-order valence-electron chi connectivity index (χ1n) is 10.5. The molecule has 182 valence electrons. The second kappa shape index (κ2) is 10.3. The number of aliphatic imine (C=N–C) groups is 1. The van der Waals surface area contributed by atoms with Crippen molar-refractivity contribution in [3.8, 4) is 0 Å². The highest BCUT2D eigenvalue weighted by Crippen LogP contribution is 2.26. The summed E-state index contributed by atoms with van der Waals surface area (Å²) in [5, 5.41) is 5.78. The average molecular weight is 534 g/mol. The van der Waals surface area contributed by atoms with E-state index in [9.17, 15) is 22.8 Å². The molecule has 1 aromatic carbocycles. The van der Waals surface area contributed by atoms with Crippen LogP contribution < -0.4 is 10.6 Å². The number of ether oxygens (including phenoxy) is 1. The zero-order valence-corrected chi connectivity index (χ0v) is 20.1. The molecule has 2 aliphatic rings. The summed E-state index contributed by atoms with van der Waals surface area (Å²) >= 11 is 3.39. The monoisotopic (exact) mass is 533 g/mol. The number of hydrogen-bond donors (Lipinski definition) is 2. The zero-order valence-electron chi connectivity index (χ0n) is 18.5. The number of nitrogens with zero attached hydrogens (tertiary/aromatic N) is 3. The first kappa shape index (κ1) is 25.3. The van der Waals surface area contributed by atoms with E-state index < -0.39 is 36.8 Å². The number of rotatable bonds is 6. The van der Waals surface area contributed by atoms with Crippen molar-refractivity contribution < 1.29 is 27.5 Å². The molecular weight excluding hydrogens is 507 g/mol. The number of amidine groups is 1. The van der Waals surface area contributed by atoms with E-state index in [0.717, 1.165) is 14.9 Å². The third-order valence-electron chi connectivity index (χ3n) is 5.59. The second-order valence-electron chi connectivity index (χ2n) is 8.42. The number of nitrogens with one attached hydrogen (secondary N) is 2. The number of alkyl halides is 3. The van der Waals surface area contributed by atoms with Crippen LogP contribution in [0.25, 0.3) is 0 Å². The van der Waals surface area contributed by atoms with Crippen molar-refractivity contribution in [1.82, 2.24) is 20.4 Å². The van der Waals surface area contributed by atoms with Crippen molar-refractivity contribution in [2.24, 2.45) is 10.9 Å². The fourth-order valence-corrected chi connectivity index (χ4v) is 4.23. The predicted molar refractivity (Wildman–Crippen MR) is 120 cm³/mol. The third-order valence-corrected chi connectivity index (χ3v) is 6.12. The van der Waals surface area contributed by atoms with Gasteiger partial charge in [-0.1, -0.05) is 41.9 Å². The van der Waals surface area contributed by atoms with Crippen molar-refractivity contribution in [2.45, 2.75) is 38.1 Å². The summed E-state index contributed by atoms with van der Waals surface area (Å²) in [6.45, 7) is 2.50. The van der Waals surface area contributed by atoms with Gasteiger partial charge in [0.15, 0.2) is 0 Å². The number of carbonyl (C=O) groups is 2. The number of hydrogen-bond acceptors (Lipinski definition) is 6. The number of alkyl carbamates (subject to hydrolysis) is 1. The summed E-state index contributed by atoms with van der Waals surface area (Å²) in [6, 6.07) is 5.88. The number of benzene rings is 1. The van der Waals surface area contributed by atoms with Crippen molar-refractivity contribution in [3.63, 3.8) is 0 Å². The summed E-state index contributed by atoms with van der Waals surface area (Å²) in [5.74, 6) is -0.328. The Bertz CT molecular complexity index is 894. The van der Waals surface area contributed by atoms with Crippen LogP contribution in [0.1, 0.15) is 25.5 Å². The van der Waals surface area contributed by atoms with Crippen LogP contribution in [-0.4, -0.2) is 79.3 Å². The highest BCUT2D eigenvalue weighted by atomic mass is 79.9. The first-order valence-corrected chi connectivity index (χ1v) is 11.3. The van der Waals surface area contributed by atoms with E-state index in [1.807, 2.05) is 24.3 Å². The number of halogens is 4.